The summed E-state index contributed by atoms with van der Waals surface area (Å²) in [5.74, 6) is 0.709. The molecule has 0 N–H and O–H groups in total. The highest BCUT2D eigenvalue weighted by Gasteiger charge is 2.14. The average molecular weight is 386 g/mol. The van der Waals surface area contributed by atoms with Crippen molar-refractivity contribution in [1.82, 2.24) is 0 Å². The van der Waals surface area contributed by atoms with E-state index in [0.29, 0.717) is 12.8 Å². The van der Waals surface area contributed by atoms with Gasteiger partial charge in [-0.1, -0.05) is 24.3 Å². The minimum atomic E-state index is -0.910. The number of carbonyl (C=O) groups excluding carboxylic acids is 2. The van der Waals surface area contributed by atoms with Gasteiger partial charge in [-0.25, -0.2) is 0 Å². The second kappa shape index (κ2) is 11.0. The summed E-state index contributed by atoms with van der Waals surface area (Å²) < 4.78 is 20.5. The van der Waals surface area contributed by atoms with E-state index in [1.165, 1.54) is 6.92 Å². The highest BCUT2D eigenvalue weighted by molar-refractivity contribution is 5.71. The van der Waals surface area contributed by atoms with E-state index in [0.717, 1.165) is 22.6 Å². The summed E-state index contributed by atoms with van der Waals surface area (Å²) >= 11 is 0. The van der Waals surface area contributed by atoms with Crippen molar-refractivity contribution in [3.05, 3.63) is 59.7 Å². The Bertz CT molecular complexity index is 686. The largest absolute Gasteiger partial charge is 0.497 e. The van der Waals surface area contributed by atoms with Crippen LogP contribution in [0.5, 0.6) is 11.5 Å². The van der Waals surface area contributed by atoms with Crippen molar-refractivity contribution in [1.29, 1.82) is 0 Å². The van der Waals surface area contributed by atoms with Gasteiger partial charge in [0.1, 0.15) is 11.5 Å². The van der Waals surface area contributed by atoms with Gasteiger partial charge in [0.2, 0.25) is 6.29 Å². The highest BCUT2D eigenvalue weighted by Crippen LogP contribution is 2.14. The lowest BCUT2D eigenvalue weighted by molar-refractivity contribution is -0.184. The second-order valence-electron chi connectivity index (χ2n) is 6.24. The van der Waals surface area contributed by atoms with Crippen molar-refractivity contribution in [2.24, 2.45) is 0 Å². The molecule has 0 heterocycles. The fourth-order valence-corrected chi connectivity index (χ4v) is 2.59. The Kier molecular flexibility index (Phi) is 8.34. The number of esters is 2. The van der Waals surface area contributed by atoms with E-state index in [1.807, 2.05) is 48.5 Å². The van der Waals surface area contributed by atoms with Crippen molar-refractivity contribution in [2.45, 2.75) is 38.9 Å². The maximum atomic E-state index is 11.9. The molecule has 0 aliphatic heterocycles. The van der Waals surface area contributed by atoms with Crippen LogP contribution in [0.4, 0.5) is 0 Å². The molecule has 0 saturated carbocycles. The Morgan fingerprint density at radius 3 is 1.39 bits per heavy atom. The first-order valence-electron chi connectivity index (χ1n) is 9.15. The van der Waals surface area contributed by atoms with Gasteiger partial charge >= 0.3 is 11.9 Å². The van der Waals surface area contributed by atoms with Crippen molar-refractivity contribution in [3.63, 3.8) is 0 Å². The third-order valence-electron chi connectivity index (χ3n) is 4.15. The molecular formula is C22H26O6. The summed E-state index contributed by atoms with van der Waals surface area (Å²) in [7, 11) is 3.21. The normalized spacial score (nSPS) is 10.4. The second-order valence-corrected chi connectivity index (χ2v) is 6.24. The molecule has 28 heavy (non-hydrogen) atoms. The van der Waals surface area contributed by atoms with Gasteiger partial charge in [-0.15, -0.1) is 0 Å². The summed E-state index contributed by atoms with van der Waals surface area (Å²) in [6, 6.07) is 15.0. The first-order chi connectivity index (χ1) is 13.5. The maximum absolute atomic E-state index is 11.9. The third kappa shape index (κ3) is 7.31. The van der Waals surface area contributed by atoms with Gasteiger partial charge in [-0.2, -0.15) is 0 Å². The standard InChI is InChI=1S/C22H26O6/c1-16(27-21(23)14-8-17-4-10-19(25-2)11-5-17)28-22(24)15-9-18-6-12-20(26-3)13-7-18/h4-7,10-13,16H,8-9,14-15H2,1-3H3. The summed E-state index contributed by atoms with van der Waals surface area (Å²) in [6.07, 6.45) is 0.592. The SMILES string of the molecule is COc1ccc(CCC(=O)OC(C)OC(=O)CCc2ccc(OC)cc2)cc1. The molecule has 2 aromatic rings. The van der Waals surface area contributed by atoms with Crippen LogP contribution in [0.2, 0.25) is 0 Å². The van der Waals surface area contributed by atoms with Gasteiger partial charge in [0.15, 0.2) is 0 Å². The number of carbonyl (C=O) groups is 2. The predicted molar refractivity (Wildman–Crippen MR) is 104 cm³/mol. The molecule has 0 spiro atoms. The van der Waals surface area contributed by atoms with Crippen LogP contribution in [-0.2, 0) is 31.9 Å². The summed E-state index contributed by atoms with van der Waals surface area (Å²) in [5.41, 5.74) is 2.00. The predicted octanol–water partition coefficient (Wildman–Crippen LogP) is 3.70. The fourth-order valence-electron chi connectivity index (χ4n) is 2.59. The van der Waals surface area contributed by atoms with Gasteiger partial charge in [-0.3, -0.25) is 9.59 Å². The van der Waals surface area contributed by atoms with Crippen LogP contribution in [-0.4, -0.2) is 32.4 Å². The molecule has 0 bridgehead atoms. The van der Waals surface area contributed by atoms with Crippen molar-refractivity contribution in [3.8, 4) is 11.5 Å². The molecular weight excluding hydrogens is 360 g/mol. The zero-order valence-electron chi connectivity index (χ0n) is 16.5. The number of aryl methyl sites for hydroxylation is 2. The first-order valence-corrected chi connectivity index (χ1v) is 9.15. The van der Waals surface area contributed by atoms with E-state index in [9.17, 15) is 9.59 Å². The van der Waals surface area contributed by atoms with Crippen LogP contribution >= 0.6 is 0 Å². The zero-order chi connectivity index (χ0) is 20.4. The Balaban J connectivity index is 1.67. The Hall–Kier alpha value is -3.02. The van der Waals surface area contributed by atoms with Crippen LogP contribution < -0.4 is 9.47 Å². The zero-order valence-corrected chi connectivity index (χ0v) is 16.5. The molecule has 0 atom stereocenters. The molecule has 6 nitrogen and oxygen atoms in total. The topological polar surface area (TPSA) is 71.1 Å². The van der Waals surface area contributed by atoms with Crippen LogP contribution in [0.3, 0.4) is 0 Å². The number of benzene rings is 2. The van der Waals surface area contributed by atoms with Gasteiger partial charge in [0.05, 0.1) is 14.2 Å². The molecule has 0 aliphatic rings. The van der Waals surface area contributed by atoms with Crippen molar-refractivity contribution < 1.29 is 28.5 Å². The maximum Gasteiger partial charge on any atom is 0.309 e. The fraction of sp³-hybridized carbons (Fsp3) is 0.364. The van der Waals surface area contributed by atoms with E-state index >= 15 is 0 Å². The number of rotatable bonds is 10. The molecule has 0 aromatic heterocycles. The molecule has 0 amide bonds. The highest BCUT2D eigenvalue weighted by atomic mass is 16.7. The lowest BCUT2D eigenvalue weighted by Crippen LogP contribution is -2.22. The molecule has 0 aliphatic carbocycles. The summed E-state index contributed by atoms with van der Waals surface area (Å²) in [6.45, 7) is 1.54. The quantitative estimate of drug-likeness (QED) is 0.458. The molecule has 0 unspecified atom stereocenters. The van der Waals surface area contributed by atoms with E-state index in [-0.39, 0.29) is 12.8 Å². The van der Waals surface area contributed by atoms with Crippen LogP contribution in [0, 0.1) is 0 Å². The molecule has 0 radical (unpaired) electrons. The first kappa shape index (κ1) is 21.3. The number of methoxy groups -OCH3 is 2. The number of hydrogen-bond acceptors (Lipinski definition) is 6. The Morgan fingerprint density at radius 1 is 0.714 bits per heavy atom. The Labute approximate surface area is 165 Å². The van der Waals surface area contributed by atoms with Crippen LogP contribution in [0.25, 0.3) is 0 Å². The van der Waals surface area contributed by atoms with E-state index in [2.05, 4.69) is 0 Å². The molecule has 150 valence electrons. The molecule has 6 heteroatoms. The molecule has 2 rings (SSSR count). The monoisotopic (exact) mass is 386 g/mol. The van der Waals surface area contributed by atoms with Crippen LogP contribution in [0.15, 0.2) is 48.5 Å². The van der Waals surface area contributed by atoms with Gasteiger partial charge in [-0.05, 0) is 48.2 Å². The minimum absolute atomic E-state index is 0.208. The molecule has 0 fully saturated rings. The molecule has 0 saturated heterocycles. The van der Waals surface area contributed by atoms with Crippen LogP contribution in [0.1, 0.15) is 30.9 Å². The van der Waals surface area contributed by atoms with E-state index < -0.39 is 18.2 Å². The van der Waals surface area contributed by atoms with E-state index in [4.69, 9.17) is 18.9 Å². The smallest absolute Gasteiger partial charge is 0.309 e. The van der Waals surface area contributed by atoms with Gasteiger partial charge in [0, 0.05) is 19.8 Å². The minimum Gasteiger partial charge on any atom is -0.497 e. The van der Waals surface area contributed by atoms with Crippen molar-refractivity contribution in [2.75, 3.05) is 14.2 Å². The lowest BCUT2D eigenvalue weighted by Gasteiger charge is -2.14. The number of hydrogen-bond donors (Lipinski definition) is 0. The molecule has 2 aromatic carbocycles. The lowest BCUT2D eigenvalue weighted by atomic mass is 10.1. The van der Waals surface area contributed by atoms with Crippen molar-refractivity contribution >= 4 is 11.9 Å². The Morgan fingerprint density at radius 2 is 1.07 bits per heavy atom. The third-order valence-corrected chi connectivity index (χ3v) is 4.15. The summed E-state index contributed by atoms with van der Waals surface area (Å²) in [4.78, 5) is 23.8. The average Bonchev–Trinajstić information content (AvgIpc) is 2.71. The van der Waals surface area contributed by atoms with Gasteiger partial charge < -0.3 is 18.9 Å². The summed E-state index contributed by atoms with van der Waals surface area (Å²) in [5, 5.41) is 0. The number of ether oxygens (including phenoxy) is 4. The van der Waals surface area contributed by atoms with E-state index in [1.54, 1.807) is 14.2 Å². The van der Waals surface area contributed by atoms with Gasteiger partial charge in [0.25, 0.3) is 0 Å².